The van der Waals surface area contributed by atoms with E-state index in [9.17, 15) is 13.2 Å². The van der Waals surface area contributed by atoms with E-state index in [0.717, 1.165) is 10.8 Å². The van der Waals surface area contributed by atoms with Gasteiger partial charge >= 0.3 is 6.18 Å². The highest BCUT2D eigenvalue weighted by molar-refractivity contribution is 5.88. The fourth-order valence-electron chi connectivity index (χ4n) is 3.42. The SMILES string of the molecule is COc1ccc2ccccc2c1[C@@H](CC(F)(F)F)N1CCNCC1. The lowest BCUT2D eigenvalue weighted by molar-refractivity contribution is -0.148. The highest BCUT2D eigenvalue weighted by atomic mass is 19.4. The fraction of sp³-hybridized carbons (Fsp3) is 0.444. The average Bonchev–Trinajstić information content (AvgIpc) is 2.59. The van der Waals surface area contributed by atoms with Crippen LogP contribution in [-0.2, 0) is 0 Å². The summed E-state index contributed by atoms with van der Waals surface area (Å²) in [5, 5.41) is 4.95. The van der Waals surface area contributed by atoms with Crippen LogP contribution in [0.1, 0.15) is 18.0 Å². The molecule has 0 aromatic heterocycles. The van der Waals surface area contributed by atoms with Crippen LogP contribution in [0.2, 0.25) is 0 Å². The second-order valence-corrected chi connectivity index (χ2v) is 6.02. The number of hydrogen-bond acceptors (Lipinski definition) is 3. The fourth-order valence-corrected chi connectivity index (χ4v) is 3.42. The molecule has 2 aromatic rings. The predicted molar refractivity (Wildman–Crippen MR) is 88.4 cm³/mol. The second-order valence-electron chi connectivity index (χ2n) is 6.02. The van der Waals surface area contributed by atoms with Crippen molar-refractivity contribution in [1.82, 2.24) is 10.2 Å². The van der Waals surface area contributed by atoms with Gasteiger partial charge in [-0.3, -0.25) is 4.90 Å². The van der Waals surface area contributed by atoms with Crippen molar-refractivity contribution in [2.75, 3.05) is 33.3 Å². The number of methoxy groups -OCH3 is 1. The summed E-state index contributed by atoms with van der Waals surface area (Å²) in [5.74, 6) is 0.515. The first kappa shape index (κ1) is 17.0. The Morgan fingerprint density at radius 2 is 1.83 bits per heavy atom. The summed E-state index contributed by atoms with van der Waals surface area (Å²) in [6, 6.07) is 10.5. The van der Waals surface area contributed by atoms with Crippen molar-refractivity contribution in [3.05, 3.63) is 42.0 Å². The summed E-state index contributed by atoms with van der Waals surface area (Å²) in [6.07, 6.45) is -5.12. The van der Waals surface area contributed by atoms with Crippen molar-refractivity contribution >= 4 is 10.8 Å². The lowest BCUT2D eigenvalue weighted by Crippen LogP contribution is -2.46. The minimum Gasteiger partial charge on any atom is -0.496 e. The van der Waals surface area contributed by atoms with Gasteiger partial charge in [0.15, 0.2) is 0 Å². The molecule has 3 rings (SSSR count). The lowest BCUT2D eigenvalue weighted by atomic mass is 9.93. The van der Waals surface area contributed by atoms with Gasteiger partial charge in [0.05, 0.1) is 13.5 Å². The standard InChI is InChI=1S/C18H21F3N2O/c1-24-16-7-6-13-4-2-3-5-14(13)17(16)15(12-18(19,20)21)23-10-8-22-9-11-23/h2-7,15,22H,8-12H2,1H3/t15-/m1/s1. The van der Waals surface area contributed by atoms with Crippen LogP contribution in [0.15, 0.2) is 36.4 Å². The van der Waals surface area contributed by atoms with Gasteiger partial charge in [0, 0.05) is 37.8 Å². The minimum absolute atomic E-state index is 0.515. The first-order valence-corrected chi connectivity index (χ1v) is 8.07. The molecule has 0 radical (unpaired) electrons. The molecule has 1 aliphatic rings. The number of piperazine rings is 1. The molecule has 2 aromatic carbocycles. The van der Waals surface area contributed by atoms with Gasteiger partial charge in [-0.1, -0.05) is 30.3 Å². The molecule has 24 heavy (non-hydrogen) atoms. The molecule has 1 aliphatic heterocycles. The predicted octanol–water partition coefficient (Wildman–Crippen LogP) is 3.75. The number of halogens is 3. The van der Waals surface area contributed by atoms with E-state index in [1.165, 1.54) is 7.11 Å². The molecule has 0 bridgehead atoms. The average molecular weight is 338 g/mol. The Bertz CT molecular complexity index is 696. The first-order valence-electron chi connectivity index (χ1n) is 8.07. The van der Waals surface area contributed by atoms with Crippen molar-refractivity contribution in [3.8, 4) is 5.75 Å². The number of ether oxygens (including phenoxy) is 1. The maximum absolute atomic E-state index is 13.3. The molecule has 1 atom stereocenters. The molecule has 6 heteroatoms. The maximum Gasteiger partial charge on any atom is 0.390 e. The Hall–Kier alpha value is -1.79. The number of alkyl halides is 3. The Morgan fingerprint density at radius 1 is 1.12 bits per heavy atom. The van der Waals surface area contributed by atoms with Gasteiger partial charge in [0.25, 0.3) is 0 Å². The zero-order chi connectivity index (χ0) is 17.2. The van der Waals surface area contributed by atoms with Crippen molar-refractivity contribution < 1.29 is 17.9 Å². The number of fused-ring (bicyclic) bond motifs is 1. The third kappa shape index (κ3) is 3.65. The molecule has 3 nitrogen and oxygen atoms in total. The largest absolute Gasteiger partial charge is 0.496 e. The van der Waals surface area contributed by atoms with Crippen LogP contribution in [0.3, 0.4) is 0 Å². The molecule has 1 saturated heterocycles. The van der Waals surface area contributed by atoms with Crippen LogP contribution in [0, 0.1) is 0 Å². The van der Waals surface area contributed by atoms with E-state index in [2.05, 4.69) is 5.32 Å². The van der Waals surface area contributed by atoms with Gasteiger partial charge in [0.1, 0.15) is 5.75 Å². The van der Waals surface area contributed by atoms with Gasteiger partial charge in [-0.15, -0.1) is 0 Å². The molecule has 0 amide bonds. The normalized spacial score (nSPS) is 17.8. The highest BCUT2D eigenvalue weighted by Gasteiger charge is 2.37. The van der Waals surface area contributed by atoms with E-state index in [1.54, 1.807) is 6.07 Å². The zero-order valence-electron chi connectivity index (χ0n) is 13.6. The third-order valence-corrected chi connectivity index (χ3v) is 4.50. The van der Waals surface area contributed by atoms with E-state index in [1.807, 2.05) is 35.2 Å². The van der Waals surface area contributed by atoms with Gasteiger partial charge in [-0.25, -0.2) is 0 Å². The van der Waals surface area contributed by atoms with Crippen LogP contribution < -0.4 is 10.1 Å². The van der Waals surface area contributed by atoms with E-state index in [0.29, 0.717) is 37.5 Å². The molecule has 1 N–H and O–H groups in total. The Kier molecular flexibility index (Phi) is 4.96. The van der Waals surface area contributed by atoms with Crippen molar-refractivity contribution in [2.45, 2.75) is 18.6 Å². The maximum atomic E-state index is 13.3. The van der Waals surface area contributed by atoms with Gasteiger partial charge in [0.2, 0.25) is 0 Å². The number of nitrogens with zero attached hydrogens (tertiary/aromatic N) is 1. The summed E-state index contributed by atoms with van der Waals surface area (Å²) in [7, 11) is 1.51. The Morgan fingerprint density at radius 3 is 2.50 bits per heavy atom. The number of hydrogen-bond donors (Lipinski definition) is 1. The molecule has 1 fully saturated rings. The lowest BCUT2D eigenvalue weighted by Gasteiger charge is -2.36. The Balaban J connectivity index is 2.13. The van der Waals surface area contributed by atoms with E-state index >= 15 is 0 Å². The summed E-state index contributed by atoms with van der Waals surface area (Å²) in [6.45, 7) is 2.57. The van der Waals surface area contributed by atoms with E-state index in [4.69, 9.17) is 4.74 Å². The summed E-state index contributed by atoms with van der Waals surface area (Å²) in [5.41, 5.74) is 0.634. The van der Waals surface area contributed by atoms with Gasteiger partial charge in [-0.2, -0.15) is 13.2 Å². The van der Waals surface area contributed by atoms with Crippen LogP contribution in [0.4, 0.5) is 13.2 Å². The molecule has 0 unspecified atom stereocenters. The molecule has 0 aliphatic carbocycles. The van der Waals surface area contributed by atoms with Crippen molar-refractivity contribution in [3.63, 3.8) is 0 Å². The molecule has 0 spiro atoms. The number of nitrogens with one attached hydrogen (secondary N) is 1. The summed E-state index contributed by atoms with van der Waals surface area (Å²) < 4.78 is 45.3. The van der Waals surface area contributed by atoms with Gasteiger partial charge < -0.3 is 10.1 Å². The molecule has 0 saturated carbocycles. The van der Waals surface area contributed by atoms with E-state index < -0.39 is 18.6 Å². The quantitative estimate of drug-likeness (QED) is 0.919. The van der Waals surface area contributed by atoms with Crippen molar-refractivity contribution in [2.24, 2.45) is 0 Å². The number of benzene rings is 2. The second kappa shape index (κ2) is 6.99. The monoisotopic (exact) mass is 338 g/mol. The number of rotatable bonds is 4. The molecular weight excluding hydrogens is 317 g/mol. The minimum atomic E-state index is -4.24. The molecule has 1 heterocycles. The molecule has 130 valence electrons. The topological polar surface area (TPSA) is 24.5 Å². The summed E-state index contributed by atoms with van der Waals surface area (Å²) in [4.78, 5) is 1.91. The summed E-state index contributed by atoms with van der Waals surface area (Å²) >= 11 is 0. The Labute approximate surface area is 139 Å². The smallest absolute Gasteiger partial charge is 0.390 e. The highest BCUT2D eigenvalue weighted by Crippen LogP contribution is 2.41. The van der Waals surface area contributed by atoms with Crippen LogP contribution in [-0.4, -0.2) is 44.4 Å². The molecular formula is C18H21F3N2O. The van der Waals surface area contributed by atoms with Crippen LogP contribution in [0.25, 0.3) is 10.8 Å². The third-order valence-electron chi connectivity index (χ3n) is 4.50. The van der Waals surface area contributed by atoms with Crippen LogP contribution >= 0.6 is 0 Å². The van der Waals surface area contributed by atoms with Crippen LogP contribution in [0.5, 0.6) is 5.75 Å². The van der Waals surface area contributed by atoms with E-state index in [-0.39, 0.29) is 0 Å². The zero-order valence-corrected chi connectivity index (χ0v) is 13.6. The first-order chi connectivity index (χ1) is 11.5. The van der Waals surface area contributed by atoms with Gasteiger partial charge in [-0.05, 0) is 16.8 Å². The van der Waals surface area contributed by atoms with Crippen molar-refractivity contribution in [1.29, 1.82) is 0 Å².